The third-order valence-electron chi connectivity index (χ3n) is 4.68. The lowest BCUT2D eigenvalue weighted by Gasteiger charge is -2.29. The number of esters is 1. The van der Waals surface area contributed by atoms with E-state index < -0.39 is 25.0 Å². The Bertz CT molecular complexity index is 1200. The van der Waals surface area contributed by atoms with Gasteiger partial charge in [0.1, 0.15) is 6.35 Å². The molecular formula is C21H29N6O6P. The molecule has 2 heterocycles. The van der Waals surface area contributed by atoms with Gasteiger partial charge in [-0.3, -0.25) is 9.78 Å². The summed E-state index contributed by atoms with van der Waals surface area (Å²) in [5.41, 5.74) is 6.73. The number of aromatic nitrogens is 4. The van der Waals surface area contributed by atoms with Crippen molar-refractivity contribution in [3.05, 3.63) is 52.6 Å². The molecule has 0 aliphatic heterocycles. The van der Waals surface area contributed by atoms with Gasteiger partial charge in [0, 0.05) is 13.7 Å². The molecular weight excluding hydrogens is 463 g/mol. The number of hydrogen-bond acceptors (Lipinski definition) is 10. The van der Waals surface area contributed by atoms with Crippen molar-refractivity contribution in [2.45, 2.75) is 26.3 Å². The van der Waals surface area contributed by atoms with Crippen LogP contribution in [-0.2, 0) is 36.7 Å². The average molecular weight is 492 g/mol. The molecule has 2 aromatic heterocycles. The number of carbonyl (C=O) groups excluding carboxylic acids is 1. The van der Waals surface area contributed by atoms with E-state index >= 15 is 0 Å². The van der Waals surface area contributed by atoms with Gasteiger partial charge in [-0.25, -0.2) is 14.9 Å². The zero-order valence-electron chi connectivity index (χ0n) is 19.1. The van der Waals surface area contributed by atoms with Crippen LogP contribution in [0.3, 0.4) is 0 Å². The number of nitrogens with zero attached hydrogens (tertiary/aromatic N) is 3. The first-order chi connectivity index (χ1) is 16.3. The van der Waals surface area contributed by atoms with E-state index in [-0.39, 0.29) is 37.6 Å². The minimum atomic E-state index is -2.72. The first-order valence-corrected chi connectivity index (χ1v) is 12.6. The molecule has 3 rings (SSSR count). The van der Waals surface area contributed by atoms with Crippen molar-refractivity contribution in [2.24, 2.45) is 0 Å². The van der Waals surface area contributed by atoms with Crippen LogP contribution in [0.2, 0.25) is 0 Å². The number of rotatable bonds is 13. The lowest BCUT2D eigenvalue weighted by Crippen LogP contribution is -2.39. The molecule has 0 aliphatic rings. The number of imidazole rings is 1. The fourth-order valence-corrected chi connectivity index (χ4v) is 4.71. The van der Waals surface area contributed by atoms with Crippen LogP contribution in [0.4, 0.5) is 5.95 Å². The average Bonchev–Trinajstić information content (AvgIpc) is 3.23. The molecule has 184 valence electrons. The van der Waals surface area contributed by atoms with Crippen LogP contribution in [0.1, 0.15) is 12.5 Å². The van der Waals surface area contributed by atoms with Crippen LogP contribution >= 0.6 is 7.26 Å². The number of ether oxygens (including phenoxy) is 3. The van der Waals surface area contributed by atoms with E-state index in [4.69, 9.17) is 24.5 Å². The molecule has 0 bridgehead atoms. The van der Waals surface area contributed by atoms with Crippen LogP contribution in [0.5, 0.6) is 0 Å². The van der Waals surface area contributed by atoms with Gasteiger partial charge in [-0.05, 0) is 12.5 Å². The molecule has 0 aliphatic carbocycles. The van der Waals surface area contributed by atoms with Crippen molar-refractivity contribution in [2.75, 3.05) is 32.4 Å². The lowest BCUT2D eigenvalue weighted by atomic mass is 10.2. The predicted molar refractivity (Wildman–Crippen MR) is 129 cm³/mol. The van der Waals surface area contributed by atoms with E-state index in [1.807, 2.05) is 30.3 Å². The molecule has 3 aromatic rings. The molecule has 12 nitrogen and oxygen atoms in total. The largest absolute Gasteiger partial charge is 0.463 e. The molecule has 0 saturated carbocycles. The Labute approximate surface area is 196 Å². The van der Waals surface area contributed by atoms with Gasteiger partial charge < -0.3 is 29.0 Å². The molecule has 0 radical (unpaired) electrons. The molecule has 0 fully saturated rings. The number of H-pyrrole nitrogens is 1. The minimum Gasteiger partial charge on any atom is -0.463 e. The summed E-state index contributed by atoms with van der Waals surface area (Å²) >= 11 is 0. The van der Waals surface area contributed by atoms with Crippen molar-refractivity contribution in [1.29, 1.82) is 0 Å². The summed E-state index contributed by atoms with van der Waals surface area (Å²) in [5.74, 6) is -0.564. The van der Waals surface area contributed by atoms with E-state index in [0.29, 0.717) is 12.2 Å². The predicted octanol–water partition coefficient (Wildman–Crippen LogP) is 1.30. The van der Waals surface area contributed by atoms with Crippen molar-refractivity contribution in [1.82, 2.24) is 24.6 Å². The summed E-state index contributed by atoms with van der Waals surface area (Å²) in [6, 6.07) is 9.58. The number of methoxy groups -OCH3 is 1. The highest BCUT2D eigenvalue weighted by Crippen LogP contribution is 2.43. The second-order valence-corrected chi connectivity index (χ2v) is 9.80. The lowest BCUT2D eigenvalue weighted by molar-refractivity contribution is -0.155. The Kier molecular flexibility index (Phi) is 8.97. The van der Waals surface area contributed by atoms with E-state index in [9.17, 15) is 9.59 Å². The van der Waals surface area contributed by atoms with Crippen molar-refractivity contribution in [3.8, 4) is 0 Å². The molecule has 34 heavy (non-hydrogen) atoms. The quantitative estimate of drug-likeness (QED) is 0.138. The molecule has 0 amide bonds. The smallest absolute Gasteiger partial charge is 0.350 e. The minimum absolute atomic E-state index is 0.00551. The maximum absolute atomic E-state index is 12.2. The molecule has 0 saturated heterocycles. The Morgan fingerprint density at radius 3 is 2.82 bits per heavy atom. The standard InChI is InChI=1S/C21H29N6O6P/c1-4-32-20(29)19(30-2)26-34(3,33-12-15-8-6-5-7-9-15)14-31-11-10-27-13-23-16-17(27)24-21(22)25-18(16)28/h5-9,13,19,26H,3-4,10-12,14H2,1-2H3,(H3,22,24,25,28)/t19-,34?/m0/s1. The summed E-state index contributed by atoms with van der Waals surface area (Å²) in [7, 11) is -1.33. The van der Waals surface area contributed by atoms with Gasteiger partial charge in [-0.2, -0.15) is 4.98 Å². The number of benzene rings is 1. The van der Waals surface area contributed by atoms with Gasteiger partial charge in [-0.15, -0.1) is 0 Å². The molecule has 0 spiro atoms. The maximum atomic E-state index is 12.2. The van der Waals surface area contributed by atoms with Gasteiger partial charge in [-0.1, -0.05) is 36.6 Å². The number of nitrogen functional groups attached to an aromatic ring is 1. The SMILES string of the molecule is C=P(COCCn1cnc2c(=O)[nH]c(N)nc21)(N[C@@H](OC)C(=O)OCC)OCc1ccccc1. The molecule has 4 N–H and O–H groups in total. The molecule has 13 heteroatoms. The van der Waals surface area contributed by atoms with E-state index in [2.05, 4.69) is 26.3 Å². The van der Waals surface area contributed by atoms with Gasteiger partial charge >= 0.3 is 5.97 Å². The molecule has 1 unspecified atom stereocenters. The highest BCUT2D eigenvalue weighted by Gasteiger charge is 2.27. The molecule has 1 aromatic carbocycles. The number of fused-ring (bicyclic) bond motifs is 1. The van der Waals surface area contributed by atoms with E-state index in [1.54, 1.807) is 11.5 Å². The third-order valence-corrected chi connectivity index (χ3v) is 6.61. The summed E-state index contributed by atoms with van der Waals surface area (Å²) in [5, 5.41) is 3.04. The van der Waals surface area contributed by atoms with E-state index in [0.717, 1.165) is 5.56 Å². The Hall–Kier alpha value is -3.02. The van der Waals surface area contributed by atoms with Crippen molar-refractivity contribution >= 4 is 36.6 Å². The zero-order chi connectivity index (χ0) is 24.6. The summed E-state index contributed by atoms with van der Waals surface area (Å²) < 4.78 is 23.9. The number of nitrogens with two attached hydrogens (primary N) is 1. The Balaban J connectivity index is 1.66. The van der Waals surface area contributed by atoms with Crippen LogP contribution in [0, 0.1) is 0 Å². The van der Waals surface area contributed by atoms with E-state index in [1.165, 1.54) is 13.4 Å². The monoisotopic (exact) mass is 492 g/mol. The van der Waals surface area contributed by atoms with Crippen LogP contribution < -0.4 is 16.4 Å². The summed E-state index contributed by atoms with van der Waals surface area (Å²) in [6.45, 7) is 2.79. The van der Waals surface area contributed by atoms with Crippen LogP contribution in [0.25, 0.3) is 11.2 Å². The third kappa shape index (κ3) is 6.75. The highest BCUT2D eigenvalue weighted by molar-refractivity contribution is 7.67. The fourth-order valence-electron chi connectivity index (χ4n) is 3.03. The Morgan fingerprint density at radius 1 is 1.35 bits per heavy atom. The maximum Gasteiger partial charge on any atom is 0.350 e. The Morgan fingerprint density at radius 2 is 2.12 bits per heavy atom. The van der Waals surface area contributed by atoms with Gasteiger partial charge in [0.05, 0.1) is 33.4 Å². The number of anilines is 1. The van der Waals surface area contributed by atoms with Crippen LogP contribution in [0.15, 0.2) is 41.5 Å². The number of carbonyl (C=O) groups is 1. The van der Waals surface area contributed by atoms with Crippen molar-refractivity contribution < 1.29 is 23.5 Å². The van der Waals surface area contributed by atoms with Gasteiger partial charge in [0.2, 0.25) is 12.2 Å². The molecule has 2 atom stereocenters. The normalized spacial score (nSPS) is 14.1. The van der Waals surface area contributed by atoms with Crippen molar-refractivity contribution in [3.63, 3.8) is 0 Å². The van der Waals surface area contributed by atoms with Crippen LogP contribution in [-0.4, -0.2) is 64.7 Å². The zero-order valence-corrected chi connectivity index (χ0v) is 20.0. The number of nitrogens with one attached hydrogen (secondary N) is 2. The second-order valence-electron chi connectivity index (χ2n) is 7.24. The summed E-state index contributed by atoms with van der Waals surface area (Å²) in [6.07, 6.45) is 4.72. The fraction of sp³-hybridized carbons (Fsp3) is 0.381. The highest BCUT2D eigenvalue weighted by atomic mass is 31.2. The second kappa shape index (κ2) is 11.9. The first-order valence-electron chi connectivity index (χ1n) is 10.5. The first kappa shape index (κ1) is 25.6. The topological polar surface area (TPSA) is 156 Å². The van der Waals surface area contributed by atoms with Gasteiger partial charge in [0.25, 0.3) is 5.56 Å². The number of aromatic amines is 1. The summed E-state index contributed by atoms with van der Waals surface area (Å²) in [4.78, 5) is 34.8. The number of hydrogen-bond donors (Lipinski definition) is 3. The van der Waals surface area contributed by atoms with Gasteiger partial charge in [0.15, 0.2) is 11.2 Å².